The summed E-state index contributed by atoms with van der Waals surface area (Å²) in [5.74, 6) is -0.0334. The van der Waals surface area contributed by atoms with Crippen molar-refractivity contribution in [2.24, 2.45) is 11.8 Å². The largest absolute Gasteiger partial charge is 0.462 e. The summed E-state index contributed by atoms with van der Waals surface area (Å²) in [6.45, 7) is 2.85. The highest BCUT2D eigenvalue weighted by Crippen LogP contribution is 2.41. The molecule has 88 valence electrons. The van der Waals surface area contributed by atoms with Gasteiger partial charge < -0.3 is 9.47 Å². The van der Waals surface area contributed by atoms with Crippen molar-refractivity contribution in [2.75, 3.05) is 0 Å². The molecule has 1 saturated carbocycles. The molecule has 0 amide bonds. The van der Waals surface area contributed by atoms with Gasteiger partial charge in [-0.1, -0.05) is 12.2 Å². The minimum Gasteiger partial charge on any atom is -0.462 e. The van der Waals surface area contributed by atoms with E-state index in [4.69, 9.17) is 9.47 Å². The molecule has 0 aromatic heterocycles. The van der Waals surface area contributed by atoms with Gasteiger partial charge in [-0.05, 0) is 12.8 Å². The van der Waals surface area contributed by atoms with Gasteiger partial charge in [-0.2, -0.15) is 0 Å². The van der Waals surface area contributed by atoms with Crippen molar-refractivity contribution in [1.29, 1.82) is 0 Å². The molecule has 0 radical (unpaired) electrons. The summed E-state index contributed by atoms with van der Waals surface area (Å²) in [7, 11) is 0. The standard InChI is InChI=1S/C12H16O4/c1-7(13)15-11-5-6-12(16-8(2)14)10-4-3-9(10)11/h3-4,9-12H,5-6H2,1-2H3/t9-,10+,11-,12+. The Kier molecular flexibility index (Phi) is 2.99. The summed E-state index contributed by atoms with van der Waals surface area (Å²) in [5, 5.41) is 0. The lowest BCUT2D eigenvalue weighted by molar-refractivity contribution is -0.163. The molecular formula is C12H16O4. The summed E-state index contributed by atoms with van der Waals surface area (Å²) in [6, 6.07) is 0. The molecule has 0 N–H and O–H groups in total. The molecule has 4 atom stereocenters. The smallest absolute Gasteiger partial charge is 0.302 e. The third-order valence-electron chi connectivity index (χ3n) is 3.23. The third-order valence-corrected chi connectivity index (χ3v) is 3.23. The van der Waals surface area contributed by atoms with Crippen LogP contribution in [-0.2, 0) is 19.1 Å². The lowest BCUT2D eigenvalue weighted by Gasteiger charge is -2.43. The van der Waals surface area contributed by atoms with Crippen LogP contribution in [0.3, 0.4) is 0 Å². The third kappa shape index (κ3) is 2.10. The molecule has 4 heteroatoms. The van der Waals surface area contributed by atoms with Crippen LogP contribution in [0.5, 0.6) is 0 Å². The van der Waals surface area contributed by atoms with Crippen LogP contribution in [0.25, 0.3) is 0 Å². The monoisotopic (exact) mass is 224 g/mol. The van der Waals surface area contributed by atoms with Gasteiger partial charge in [-0.25, -0.2) is 0 Å². The Morgan fingerprint density at radius 2 is 1.31 bits per heavy atom. The van der Waals surface area contributed by atoms with Crippen LogP contribution in [0.15, 0.2) is 12.2 Å². The maximum absolute atomic E-state index is 10.9. The highest BCUT2D eigenvalue weighted by Gasteiger charge is 2.44. The number of ether oxygens (including phenoxy) is 2. The van der Waals surface area contributed by atoms with Crippen molar-refractivity contribution >= 4 is 11.9 Å². The molecule has 1 fully saturated rings. The number of hydrogen-bond donors (Lipinski definition) is 0. The van der Waals surface area contributed by atoms with Gasteiger partial charge in [0.25, 0.3) is 0 Å². The lowest BCUT2D eigenvalue weighted by Crippen LogP contribution is -2.46. The maximum atomic E-state index is 10.9. The number of esters is 2. The summed E-state index contributed by atoms with van der Waals surface area (Å²) in [6.07, 6.45) is 5.52. The molecule has 0 spiro atoms. The second-order valence-electron chi connectivity index (χ2n) is 4.41. The van der Waals surface area contributed by atoms with E-state index in [0.29, 0.717) is 0 Å². The molecule has 2 aliphatic carbocycles. The van der Waals surface area contributed by atoms with Gasteiger partial charge in [0.15, 0.2) is 0 Å². The molecule has 0 saturated heterocycles. The van der Waals surface area contributed by atoms with Gasteiger partial charge in [0.05, 0.1) is 0 Å². The maximum Gasteiger partial charge on any atom is 0.302 e. The first-order valence-electron chi connectivity index (χ1n) is 5.60. The molecule has 0 bridgehead atoms. The molecule has 2 aliphatic rings. The zero-order valence-corrected chi connectivity index (χ0v) is 9.51. The fourth-order valence-corrected chi connectivity index (χ4v) is 2.53. The van der Waals surface area contributed by atoms with Crippen molar-refractivity contribution in [3.63, 3.8) is 0 Å². The SMILES string of the molecule is CC(=O)O[C@H]1CC[C@@H](OC(C)=O)[C@@H]2C=C[C@@H]21. The fourth-order valence-electron chi connectivity index (χ4n) is 2.53. The Labute approximate surface area is 94.6 Å². The number of hydrogen-bond acceptors (Lipinski definition) is 4. The van der Waals surface area contributed by atoms with Crippen molar-refractivity contribution in [2.45, 2.75) is 38.9 Å². The zero-order valence-electron chi connectivity index (χ0n) is 9.51. The first-order chi connectivity index (χ1) is 7.58. The predicted molar refractivity (Wildman–Crippen MR) is 56.5 cm³/mol. The van der Waals surface area contributed by atoms with E-state index in [1.165, 1.54) is 13.8 Å². The van der Waals surface area contributed by atoms with Crippen LogP contribution in [0.4, 0.5) is 0 Å². The van der Waals surface area contributed by atoms with E-state index in [-0.39, 0.29) is 36.0 Å². The lowest BCUT2D eigenvalue weighted by atomic mass is 9.68. The minimum atomic E-state index is -0.241. The van der Waals surface area contributed by atoms with E-state index in [2.05, 4.69) is 0 Å². The van der Waals surface area contributed by atoms with Crippen molar-refractivity contribution in [3.05, 3.63) is 12.2 Å². The van der Waals surface area contributed by atoms with E-state index in [0.717, 1.165) is 12.8 Å². The normalized spacial score (nSPS) is 35.9. The van der Waals surface area contributed by atoms with E-state index in [1.54, 1.807) is 0 Å². The van der Waals surface area contributed by atoms with Crippen molar-refractivity contribution in [1.82, 2.24) is 0 Å². The second kappa shape index (κ2) is 4.28. The molecule has 0 aromatic rings. The number of rotatable bonds is 2. The van der Waals surface area contributed by atoms with Crippen LogP contribution >= 0.6 is 0 Å². The number of fused-ring (bicyclic) bond motifs is 1. The van der Waals surface area contributed by atoms with Crippen LogP contribution < -0.4 is 0 Å². The Morgan fingerprint density at radius 1 is 0.938 bits per heavy atom. The average molecular weight is 224 g/mol. The number of carbonyl (C=O) groups is 2. The Bertz CT molecular complexity index is 302. The van der Waals surface area contributed by atoms with Gasteiger partial charge >= 0.3 is 11.9 Å². The molecule has 0 aliphatic heterocycles. The van der Waals surface area contributed by atoms with Crippen molar-refractivity contribution < 1.29 is 19.1 Å². The summed E-state index contributed by atoms with van der Waals surface area (Å²) in [5.41, 5.74) is 0. The summed E-state index contributed by atoms with van der Waals surface area (Å²) in [4.78, 5) is 21.8. The van der Waals surface area contributed by atoms with Gasteiger partial charge in [-0.3, -0.25) is 9.59 Å². The molecule has 0 aromatic carbocycles. The molecule has 4 nitrogen and oxygen atoms in total. The quantitative estimate of drug-likeness (QED) is 0.526. The van der Waals surface area contributed by atoms with Gasteiger partial charge in [0, 0.05) is 25.7 Å². The molecule has 0 heterocycles. The average Bonchev–Trinajstić information content (AvgIpc) is 2.07. The molecule has 2 rings (SSSR count). The zero-order chi connectivity index (χ0) is 11.7. The van der Waals surface area contributed by atoms with Crippen LogP contribution in [0, 0.1) is 11.8 Å². The van der Waals surface area contributed by atoms with E-state index in [1.807, 2.05) is 12.2 Å². The minimum absolute atomic E-state index is 0.0423. The molecular weight excluding hydrogens is 208 g/mol. The molecule has 16 heavy (non-hydrogen) atoms. The highest BCUT2D eigenvalue weighted by molar-refractivity contribution is 5.67. The van der Waals surface area contributed by atoms with E-state index < -0.39 is 0 Å². The van der Waals surface area contributed by atoms with Crippen molar-refractivity contribution in [3.8, 4) is 0 Å². The van der Waals surface area contributed by atoms with Crippen LogP contribution in [-0.4, -0.2) is 24.1 Å². The summed E-state index contributed by atoms with van der Waals surface area (Å²) >= 11 is 0. The Morgan fingerprint density at radius 3 is 1.56 bits per heavy atom. The first kappa shape index (κ1) is 11.2. The Balaban J connectivity index is 1.97. The predicted octanol–water partition coefficient (Wildman–Crippen LogP) is 1.45. The van der Waals surface area contributed by atoms with Gasteiger partial charge in [0.2, 0.25) is 0 Å². The second-order valence-corrected chi connectivity index (χ2v) is 4.41. The molecule has 0 unspecified atom stereocenters. The number of carbonyl (C=O) groups excluding carboxylic acids is 2. The van der Waals surface area contributed by atoms with Crippen LogP contribution in [0.1, 0.15) is 26.7 Å². The Hall–Kier alpha value is -1.32. The topological polar surface area (TPSA) is 52.6 Å². The fraction of sp³-hybridized carbons (Fsp3) is 0.667. The highest BCUT2D eigenvalue weighted by atomic mass is 16.6. The first-order valence-corrected chi connectivity index (χ1v) is 5.60. The van der Waals surface area contributed by atoms with E-state index >= 15 is 0 Å². The van der Waals surface area contributed by atoms with Gasteiger partial charge in [0.1, 0.15) is 12.2 Å². The summed E-state index contributed by atoms with van der Waals surface area (Å²) < 4.78 is 10.5. The van der Waals surface area contributed by atoms with Crippen LogP contribution in [0.2, 0.25) is 0 Å². The van der Waals surface area contributed by atoms with Gasteiger partial charge in [-0.15, -0.1) is 0 Å². The van der Waals surface area contributed by atoms with E-state index in [9.17, 15) is 9.59 Å².